The van der Waals surface area contributed by atoms with Gasteiger partial charge in [0.2, 0.25) is 5.60 Å². The topological polar surface area (TPSA) is 199 Å². The molecule has 0 spiro atoms. The van der Waals surface area contributed by atoms with Crippen LogP contribution in [0.2, 0.25) is 0 Å². The Morgan fingerprint density at radius 2 is 1.77 bits per heavy atom. The maximum Gasteiger partial charge on any atom is 0.331 e. The first kappa shape index (κ1) is 35.5. The van der Waals surface area contributed by atoms with Gasteiger partial charge in [-0.05, 0) is 19.1 Å². The fraction of sp³-hybridized carbons (Fsp3) is 0.667. The van der Waals surface area contributed by atoms with Crippen LogP contribution in [0.5, 0.6) is 0 Å². The number of nitrogens with zero attached hydrogens (tertiary/aromatic N) is 4. The van der Waals surface area contributed by atoms with Gasteiger partial charge in [0.25, 0.3) is 0 Å². The summed E-state index contributed by atoms with van der Waals surface area (Å²) in [6.45, 7) is 11.4. The Balaban J connectivity index is 1.79. The molecular formula is C27H40N5O8PS2. The highest BCUT2D eigenvalue weighted by molar-refractivity contribution is 8.14. The van der Waals surface area contributed by atoms with Gasteiger partial charge in [-0.15, -0.1) is 0 Å². The number of nitrogen functional groups attached to an aromatic ring is 1. The number of nitrogens with two attached hydrogens (primary N) is 1. The molecule has 0 aromatic carbocycles. The number of aromatic nitrogens is 3. The van der Waals surface area contributed by atoms with Crippen molar-refractivity contribution in [3.05, 3.63) is 24.2 Å². The number of carbonyl (C=O) groups excluding carboxylic acids is 2. The molecule has 4 N–H and O–H groups in total. The minimum atomic E-state index is -3.90. The highest BCUT2D eigenvalue weighted by Crippen LogP contribution is 2.52. The Bertz CT molecular complexity index is 1430. The van der Waals surface area contributed by atoms with Gasteiger partial charge in [-0.2, -0.15) is 10.4 Å². The van der Waals surface area contributed by atoms with Crippen molar-refractivity contribution in [3.8, 4) is 6.07 Å². The minimum Gasteiger partial charge on any atom is -0.387 e. The van der Waals surface area contributed by atoms with Crippen molar-refractivity contribution in [2.45, 2.75) is 71.9 Å². The average molecular weight is 658 g/mol. The number of hydrogen-bond acceptors (Lipinski definition) is 14. The summed E-state index contributed by atoms with van der Waals surface area (Å²) in [6, 6.07) is 5.02. The second-order valence-corrected chi connectivity index (χ2v) is 16.8. The molecule has 5 atom stereocenters. The smallest absolute Gasteiger partial charge is 0.331 e. The number of anilines is 1. The first-order valence-electron chi connectivity index (χ1n) is 13.6. The van der Waals surface area contributed by atoms with Gasteiger partial charge in [0, 0.05) is 22.3 Å². The second kappa shape index (κ2) is 13.1. The molecule has 1 aliphatic rings. The van der Waals surface area contributed by atoms with E-state index in [-0.39, 0.29) is 46.0 Å². The Labute approximate surface area is 259 Å². The van der Waals surface area contributed by atoms with Gasteiger partial charge in [-0.3, -0.25) is 14.2 Å². The highest BCUT2D eigenvalue weighted by atomic mass is 32.2. The number of carbonyl (C=O) groups is 2. The fourth-order valence-electron chi connectivity index (χ4n) is 4.19. The zero-order valence-electron chi connectivity index (χ0n) is 25.4. The van der Waals surface area contributed by atoms with Crippen LogP contribution in [0.4, 0.5) is 5.82 Å². The van der Waals surface area contributed by atoms with E-state index in [0.717, 1.165) is 23.5 Å². The minimum absolute atomic E-state index is 0.0549. The molecule has 0 saturated carbocycles. The molecule has 0 radical (unpaired) electrons. The lowest BCUT2D eigenvalue weighted by Gasteiger charge is -2.33. The quantitative estimate of drug-likeness (QED) is 0.235. The van der Waals surface area contributed by atoms with Crippen molar-refractivity contribution in [2.24, 2.45) is 10.8 Å². The van der Waals surface area contributed by atoms with Crippen molar-refractivity contribution >= 4 is 52.7 Å². The zero-order valence-corrected chi connectivity index (χ0v) is 27.9. The number of rotatable bonds is 11. The Morgan fingerprint density at radius 1 is 1.16 bits per heavy atom. The number of ether oxygens (including phenoxy) is 1. The Kier molecular flexibility index (Phi) is 10.8. The molecule has 1 unspecified atom stereocenters. The Hall–Kier alpha value is -2.02. The molecule has 0 bridgehead atoms. The third kappa shape index (κ3) is 7.62. The molecule has 13 nitrogen and oxygen atoms in total. The van der Waals surface area contributed by atoms with Crippen molar-refractivity contribution in [2.75, 3.05) is 36.6 Å². The van der Waals surface area contributed by atoms with Crippen LogP contribution in [0.1, 0.15) is 54.2 Å². The molecular weight excluding hydrogens is 617 g/mol. The normalized spacial score (nSPS) is 25.9. The van der Waals surface area contributed by atoms with E-state index >= 15 is 0 Å². The number of aliphatic hydroxyl groups is 2. The predicted octanol–water partition coefficient (Wildman–Crippen LogP) is 3.38. The molecule has 3 rings (SSSR count). The lowest BCUT2D eigenvalue weighted by Crippen LogP contribution is -2.52. The summed E-state index contributed by atoms with van der Waals surface area (Å²) in [5.41, 5.74) is 0.955. The van der Waals surface area contributed by atoms with Gasteiger partial charge < -0.3 is 29.7 Å². The lowest BCUT2D eigenvalue weighted by molar-refractivity contribution is -0.118. The fourth-order valence-corrected chi connectivity index (χ4v) is 8.05. The van der Waals surface area contributed by atoms with Gasteiger partial charge in [-0.1, -0.05) is 65.1 Å². The summed E-state index contributed by atoms with van der Waals surface area (Å²) >= 11 is 2.05. The second-order valence-electron chi connectivity index (χ2n) is 12.4. The van der Waals surface area contributed by atoms with Crippen LogP contribution in [-0.4, -0.2) is 83.7 Å². The van der Waals surface area contributed by atoms with E-state index in [1.807, 2.05) is 6.07 Å². The maximum absolute atomic E-state index is 13.8. The molecule has 1 fully saturated rings. The monoisotopic (exact) mass is 657 g/mol. The highest BCUT2D eigenvalue weighted by Gasteiger charge is 2.65. The van der Waals surface area contributed by atoms with E-state index in [2.05, 4.69) is 10.1 Å². The SMILES string of the molecule is CC(C)(C)C(=O)SCCOP(=O)(CCSC(=O)C(C)(C)C)OC[C@H]1O[C@@](C#N)(c2ccc3c(N)ncnn23)[C@](C)(O)[C@@H]1O. The van der Waals surface area contributed by atoms with E-state index in [4.69, 9.17) is 19.5 Å². The third-order valence-electron chi connectivity index (χ3n) is 6.83. The largest absolute Gasteiger partial charge is 0.387 e. The zero-order chi connectivity index (χ0) is 32.4. The summed E-state index contributed by atoms with van der Waals surface area (Å²) in [5, 5.41) is 36.8. The Morgan fingerprint density at radius 3 is 2.35 bits per heavy atom. The van der Waals surface area contributed by atoms with Gasteiger partial charge in [0.15, 0.2) is 16.0 Å². The van der Waals surface area contributed by atoms with Crippen LogP contribution in [-0.2, 0) is 33.5 Å². The number of nitriles is 1. The van der Waals surface area contributed by atoms with Gasteiger partial charge >= 0.3 is 7.60 Å². The molecule has 1 aliphatic heterocycles. The number of thioether (sulfide) groups is 2. The standard InChI is InChI=1S/C27H40N5O8PS2/c1-24(2,3)22(34)42-12-10-38-41(37,11-13-43-23(35)25(4,5)6)39-14-18-20(33)26(7,36)27(15-28,40-18)19-9-8-17-21(29)30-16-31-32(17)19/h8-9,16,18,20,33,36H,10-14H2,1-7H3,(H2,29,30,31)/t18-,20-,26-,27+,41?/m1/s1. The molecule has 43 heavy (non-hydrogen) atoms. The van der Waals surface area contributed by atoms with Crippen LogP contribution in [0.25, 0.3) is 5.52 Å². The molecule has 2 aromatic heterocycles. The molecule has 3 heterocycles. The summed E-state index contributed by atoms with van der Waals surface area (Å²) in [5.74, 6) is 0.487. The van der Waals surface area contributed by atoms with Gasteiger partial charge in [0.1, 0.15) is 35.7 Å². The third-order valence-corrected chi connectivity index (χ3v) is 11.6. The van der Waals surface area contributed by atoms with Crippen molar-refractivity contribution < 1.29 is 38.2 Å². The molecule has 238 valence electrons. The maximum atomic E-state index is 13.8. The van der Waals surface area contributed by atoms with Crippen LogP contribution in [0.15, 0.2) is 18.5 Å². The molecule has 1 saturated heterocycles. The van der Waals surface area contributed by atoms with Crippen LogP contribution >= 0.6 is 31.1 Å². The van der Waals surface area contributed by atoms with Crippen molar-refractivity contribution in [3.63, 3.8) is 0 Å². The molecule has 0 aliphatic carbocycles. The van der Waals surface area contributed by atoms with Gasteiger partial charge in [0.05, 0.1) is 25.1 Å². The first-order chi connectivity index (χ1) is 19.8. The van der Waals surface area contributed by atoms with E-state index in [9.17, 15) is 29.6 Å². The van der Waals surface area contributed by atoms with E-state index in [1.54, 1.807) is 47.6 Å². The summed E-state index contributed by atoms with van der Waals surface area (Å²) < 4.78 is 32.5. The molecule has 0 amide bonds. The average Bonchev–Trinajstić information content (AvgIpc) is 3.43. The summed E-state index contributed by atoms with van der Waals surface area (Å²) in [6.07, 6.45) is -1.92. The van der Waals surface area contributed by atoms with E-state index in [1.165, 1.54) is 23.8 Å². The van der Waals surface area contributed by atoms with E-state index in [0.29, 0.717) is 5.52 Å². The van der Waals surface area contributed by atoms with Crippen LogP contribution in [0, 0.1) is 22.2 Å². The lowest BCUT2D eigenvalue weighted by atomic mass is 9.80. The molecule has 16 heteroatoms. The molecule has 2 aromatic rings. The summed E-state index contributed by atoms with van der Waals surface area (Å²) in [4.78, 5) is 28.6. The van der Waals surface area contributed by atoms with Crippen LogP contribution in [0.3, 0.4) is 0 Å². The summed E-state index contributed by atoms with van der Waals surface area (Å²) in [7, 11) is -3.90. The van der Waals surface area contributed by atoms with Crippen LogP contribution < -0.4 is 5.73 Å². The predicted molar refractivity (Wildman–Crippen MR) is 164 cm³/mol. The van der Waals surface area contributed by atoms with Crippen molar-refractivity contribution in [1.29, 1.82) is 5.26 Å². The number of hydrogen-bond donors (Lipinski definition) is 3. The van der Waals surface area contributed by atoms with Crippen molar-refractivity contribution in [1.82, 2.24) is 14.6 Å². The number of fused-ring (bicyclic) bond motifs is 1. The van der Waals surface area contributed by atoms with Gasteiger partial charge in [-0.25, -0.2) is 9.50 Å². The van der Waals surface area contributed by atoms with E-state index < -0.39 is 48.4 Å². The number of aliphatic hydroxyl groups excluding tert-OH is 1. The first-order valence-corrected chi connectivity index (χ1v) is 17.3.